The Hall–Kier alpha value is -0.180. The van der Waals surface area contributed by atoms with Crippen molar-refractivity contribution in [2.75, 3.05) is 13.6 Å². The minimum atomic E-state index is 0.554. The Labute approximate surface area is 84.6 Å². The van der Waals surface area contributed by atoms with E-state index in [0.717, 1.165) is 11.7 Å². The van der Waals surface area contributed by atoms with Gasteiger partial charge in [0.1, 0.15) is 0 Å². The maximum Gasteiger partial charge on any atom is 0.156 e. The van der Waals surface area contributed by atoms with Crippen LogP contribution < -0.4 is 5.32 Å². The van der Waals surface area contributed by atoms with Crippen molar-refractivity contribution >= 4 is 16.9 Å². The number of nitrogens with zero attached hydrogens (tertiary/aromatic N) is 1. The highest BCUT2D eigenvalue weighted by atomic mass is 32.2. The first-order valence-electron chi connectivity index (χ1n) is 5.24. The Morgan fingerprint density at radius 3 is 2.69 bits per heavy atom. The predicted octanol–water partition coefficient (Wildman–Crippen LogP) is 2.40. The minimum Gasteiger partial charge on any atom is -0.365 e. The molecule has 0 aromatic carbocycles. The third kappa shape index (κ3) is 2.01. The molecule has 1 spiro atoms. The molecular weight excluding hydrogens is 180 g/mol. The molecule has 0 atom stereocenters. The third-order valence-corrected chi connectivity index (χ3v) is 4.70. The van der Waals surface area contributed by atoms with Gasteiger partial charge in [0.25, 0.3) is 0 Å². The molecule has 1 N–H and O–H groups in total. The van der Waals surface area contributed by atoms with Crippen LogP contribution >= 0.6 is 11.8 Å². The van der Waals surface area contributed by atoms with Gasteiger partial charge in [-0.3, -0.25) is 4.99 Å². The zero-order chi connectivity index (χ0) is 9.15. The summed E-state index contributed by atoms with van der Waals surface area (Å²) in [6.45, 7) is 1.12. The van der Waals surface area contributed by atoms with Gasteiger partial charge in [-0.05, 0) is 19.3 Å². The molecular formula is C10H18N2S. The lowest BCUT2D eigenvalue weighted by Crippen LogP contribution is -2.41. The first-order valence-corrected chi connectivity index (χ1v) is 6.06. The quantitative estimate of drug-likeness (QED) is 0.646. The van der Waals surface area contributed by atoms with Crippen LogP contribution in [0.2, 0.25) is 0 Å². The van der Waals surface area contributed by atoms with Gasteiger partial charge < -0.3 is 5.32 Å². The van der Waals surface area contributed by atoms with Crippen LogP contribution in [-0.2, 0) is 0 Å². The van der Waals surface area contributed by atoms with Crippen molar-refractivity contribution in [3.63, 3.8) is 0 Å². The van der Waals surface area contributed by atoms with Crippen LogP contribution in [0.25, 0.3) is 0 Å². The molecule has 2 aliphatic rings. The molecule has 1 aliphatic heterocycles. The molecule has 1 saturated carbocycles. The number of amidine groups is 1. The van der Waals surface area contributed by atoms with Gasteiger partial charge in [0, 0.05) is 18.3 Å². The lowest BCUT2D eigenvalue weighted by atomic mass is 9.86. The molecule has 2 rings (SSSR count). The molecule has 2 nitrogen and oxygen atoms in total. The average molecular weight is 198 g/mol. The van der Waals surface area contributed by atoms with Gasteiger partial charge in [0.2, 0.25) is 0 Å². The summed E-state index contributed by atoms with van der Waals surface area (Å²) in [7, 11) is 1.89. The number of hydrogen-bond donors (Lipinski definition) is 1. The van der Waals surface area contributed by atoms with Crippen LogP contribution in [0.1, 0.15) is 38.5 Å². The molecule has 0 aromatic heterocycles. The lowest BCUT2D eigenvalue weighted by Gasteiger charge is -2.40. The monoisotopic (exact) mass is 198 g/mol. The molecule has 0 aromatic rings. The third-order valence-electron chi connectivity index (χ3n) is 3.14. The zero-order valence-corrected chi connectivity index (χ0v) is 9.12. The van der Waals surface area contributed by atoms with Gasteiger partial charge in [-0.15, -0.1) is 0 Å². The second-order valence-electron chi connectivity index (χ2n) is 4.05. The van der Waals surface area contributed by atoms with Gasteiger partial charge in [-0.2, -0.15) is 0 Å². The number of hydrogen-bond acceptors (Lipinski definition) is 2. The standard InChI is InChI=1S/C10H18N2S/c1-11-9-12-8-7-10(13-9)5-3-2-4-6-10/h2-8H2,1H3,(H,11,12). The molecule has 0 amide bonds. The number of aliphatic imine (C=N–C) groups is 1. The topological polar surface area (TPSA) is 24.4 Å². The van der Waals surface area contributed by atoms with Crippen LogP contribution in [0.15, 0.2) is 4.99 Å². The molecule has 1 saturated heterocycles. The van der Waals surface area contributed by atoms with E-state index in [1.54, 1.807) is 0 Å². The first kappa shape index (κ1) is 9.38. The molecule has 3 heteroatoms. The van der Waals surface area contributed by atoms with E-state index in [2.05, 4.69) is 10.3 Å². The van der Waals surface area contributed by atoms with Crippen molar-refractivity contribution in [2.24, 2.45) is 4.99 Å². The van der Waals surface area contributed by atoms with Crippen molar-refractivity contribution in [2.45, 2.75) is 43.3 Å². The summed E-state index contributed by atoms with van der Waals surface area (Å²) in [5, 5.41) is 4.51. The number of rotatable bonds is 0. The SMILES string of the molecule is CN=C1NCCC2(CCCCC2)S1. The van der Waals surface area contributed by atoms with Gasteiger partial charge in [0.15, 0.2) is 5.17 Å². The molecule has 0 unspecified atom stereocenters. The number of nitrogens with one attached hydrogen (secondary N) is 1. The fraction of sp³-hybridized carbons (Fsp3) is 0.900. The maximum atomic E-state index is 4.27. The van der Waals surface area contributed by atoms with Gasteiger partial charge in [0.05, 0.1) is 0 Å². The van der Waals surface area contributed by atoms with Crippen LogP contribution in [0.3, 0.4) is 0 Å². The summed E-state index contributed by atoms with van der Waals surface area (Å²) in [6, 6.07) is 0. The summed E-state index contributed by atoms with van der Waals surface area (Å²) in [5.74, 6) is 0. The molecule has 0 bridgehead atoms. The van der Waals surface area contributed by atoms with Crippen LogP contribution in [0.4, 0.5) is 0 Å². The van der Waals surface area contributed by atoms with E-state index in [1.807, 2.05) is 18.8 Å². The molecule has 13 heavy (non-hydrogen) atoms. The highest BCUT2D eigenvalue weighted by molar-refractivity contribution is 8.15. The van der Waals surface area contributed by atoms with Crippen LogP contribution in [0, 0.1) is 0 Å². The van der Waals surface area contributed by atoms with E-state index in [9.17, 15) is 0 Å². The molecule has 74 valence electrons. The van der Waals surface area contributed by atoms with Crippen molar-refractivity contribution < 1.29 is 0 Å². The maximum absolute atomic E-state index is 4.27. The normalized spacial score (nSPS) is 30.4. The van der Waals surface area contributed by atoms with E-state index < -0.39 is 0 Å². The fourth-order valence-corrected chi connectivity index (χ4v) is 3.73. The van der Waals surface area contributed by atoms with Crippen molar-refractivity contribution in [3.8, 4) is 0 Å². The second-order valence-corrected chi connectivity index (χ2v) is 5.51. The Balaban J connectivity index is 2.04. The van der Waals surface area contributed by atoms with Crippen molar-refractivity contribution in [1.29, 1.82) is 0 Å². The molecule has 1 heterocycles. The Kier molecular flexibility index (Phi) is 2.82. The van der Waals surface area contributed by atoms with E-state index in [-0.39, 0.29) is 0 Å². The summed E-state index contributed by atoms with van der Waals surface area (Å²) < 4.78 is 0.554. The largest absolute Gasteiger partial charge is 0.365 e. The van der Waals surface area contributed by atoms with E-state index >= 15 is 0 Å². The van der Waals surface area contributed by atoms with Gasteiger partial charge in [-0.25, -0.2) is 0 Å². The highest BCUT2D eigenvalue weighted by Crippen LogP contribution is 2.44. The summed E-state index contributed by atoms with van der Waals surface area (Å²) in [6.07, 6.45) is 8.41. The first-order chi connectivity index (χ1) is 6.35. The van der Waals surface area contributed by atoms with E-state index in [1.165, 1.54) is 38.5 Å². The number of thioether (sulfide) groups is 1. The molecule has 1 aliphatic carbocycles. The van der Waals surface area contributed by atoms with Crippen molar-refractivity contribution in [1.82, 2.24) is 5.32 Å². The summed E-state index contributed by atoms with van der Waals surface area (Å²) >= 11 is 1.99. The summed E-state index contributed by atoms with van der Waals surface area (Å²) in [4.78, 5) is 4.27. The lowest BCUT2D eigenvalue weighted by molar-refractivity contribution is 0.376. The molecule has 2 fully saturated rings. The Bertz CT molecular complexity index is 201. The Morgan fingerprint density at radius 1 is 1.23 bits per heavy atom. The molecule has 0 radical (unpaired) electrons. The van der Waals surface area contributed by atoms with Gasteiger partial charge in [-0.1, -0.05) is 31.0 Å². The second kappa shape index (κ2) is 3.91. The van der Waals surface area contributed by atoms with Gasteiger partial charge >= 0.3 is 0 Å². The van der Waals surface area contributed by atoms with E-state index in [4.69, 9.17) is 0 Å². The van der Waals surface area contributed by atoms with Crippen molar-refractivity contribution in [3.05, 3.63) is 0 Å². The van der Waals surface area contributed by atoms with Crippen LogP contribution in [-0.4, -0.2) is 23.5 Å². The fourth-order valence-electron chi connectivity index (χ4n) is 2.36. The highest BCUT2D eigenvalue weighted by Gasteiger charge is 2.36. The summed E-state index contributed by atoms with van der Waals surface area (Å²) in [5.41, 5.74) is 0. The Morgan fingerprint density at radius 2 is 2.00 bits per heavy atom. The minimum absolute atomic E-state index is 0.554. The zero-order valence-electron chi connectivity index (χ0n) is 8.31. The van der Waals surface area contributed by atoms with Crippen LogP contribution in [0.5, 0.6) is 0 Å². The average Bonchev–Trinajstić information content (AvgIpc) is 2.19. The smallest absolute Gasteiger partial charge is 0.156 e. The van der Waals surface area contributed by atoms with E-state index in [0.29, 0.717) is 4.75 Å². The predicted molar refractivity (Wildman–Crippen MR) is 59.4 cm³/mol.